The highest BCUT2D eigenvalue weighted by atomic mass is 14.8. The van der Waals surface area contributed by atoms with Crippen molar-refractivity contribution in [2.75, 3.05) is 0 Å². The van der Waals surface area contributed by atoms with Crippen LogP contribution in [0.2, 0.25) is 0 Å². The molecule has 1 aromatic rings. The molecule has 0 saturated carbocycles. The number of benzene rings is 1. The van der Waals surface area contributed by atoms with Gasteiger partial charge in [-0.25, -0.2) is 9.69 Å². The SMILES string of the molecule is [C-]#[N+]c1c(C)c(CC[C@H](C)CC)c(CC[C@H](C)CC)c(C)c1[N+]#[C-]. The molecule has 0 unspecified atom stereocenters. The van der Waals surface area contributed by atoms with Gasteiger partial charge in [0.1, 0.15) is 0 Å². The van der Waals surface area contributed by atoms with Gasteiger partial charge < -0.3 is 0 Å². The van der Waals surface area contributed by atoms with Crippen LogP contribution in [0.3, 0.4) is 0 Å². The van der Waals surface area contributed by atoms with Crippen LogP contribution >= 0.6 is 0 Å². The summed E-state index contributed by atoms with van der Waals surface area (Å²) in [7, 11) is 0. The lowest BCUT2D eigenvalue weighted by atomic mass is 9.85. The molecule has 0 bridgehead atoms. The first kappa shape index (κ1) is 20.2. The standard InChI is InChI=1S/C22H32N2/c1-9-15(3)11-13-19-17(5)21(23-7)22(24-8)18(6)20(19)14-12-16(4)10-2/h15-16H,9-14H2,1-6H3/t15-,16-/m1/s1. The molecule has 0 N–H and O–H groups in total. The maximum absolute atomic E-state index is 7.53. The van der Waals surface area contributed by atoms with Crippen molar-refractivity contribution >= 4 is 11.4 Å². The van der Waals surface area contributed by atoms with E-state index in [0.29, 0.717) is 23.2 Å². The second kappa shape index (κ2) is 9.48. The lowest BCUT2D eigenvalue weighted by Gasteiger charge is -2.21. The van der Waals surface area contributed by atoms with Crippen LogP contribution < -0.4 is 0 Å². The summed E-state index contributed by atoms with van der Waals surface area (Å²) < 4.78 is 0. The molecule has 0 fully saturated rings. The summed E-state index contributed by atoms with van der Waals surface area (Å²) in [4.78, 5) is 7.40. The lowest BCUT2D eigenvalue weighted by molar-refractivity contribution is 0.505. The first-order valence-corrected chi connectivity index (χ1v) is 9.30. The fraction of sp³-hybridized carbons (Fsp3) is 0.636. The maximum atomic E-state index is 7.53. The molecule has 0 aromatic heterocycles. The molecule has 0 amide bonds. The Balaban J connectivity index is 3.37. The molecule has 24 heavy (non-hydrogen) atoms. The predicted octanol–water partition coefficient (Wildman–Crippen LogP) is 7.36. The van der Waals surface area contributed by atoms with Crippen molar-refractivity contribution in [2.24, 2.45) is 11.8 Å². The van der Waals surface area contributed by atoms with Crippen molar-refractivity contribution in [3.63, 3.8) is 0 Å². The van der Waals surface area contributed by atoms with Gasteiger partial charge in [-0.2, -0.15) is 0 Å². The second-order valence-corrected chi connectivity index (χ2v) is 7.23. The van der Waals surface area contributed by atoms with Crippen LogP contribution in [0.15, 0.2) is 0 Å². The Labute approximate surface area is 148 Å². The largest absolute Gasteiger partial charge is 0.250 e. The zero-order valence-corrected chi connectivity index (χ0v) is 16.3. The molecule has 0 aliphatic heterocycles. The zero-order chi connectivity index (χ0) is 18.3. The Morgan fingerprint density at radius 3 is 1.33 bits per heavy atom. The van der Waals surface area contributed by atoms with Gasteiger partial charge in [-0.3, -0.25) is 0 Å². The zero-order valence-electron chi connectivity index (χ0n) is 16.3. The number of rotatable bonds is 8. The number of hydrogen-bond acceptors (Lipinski definition) is 0. The Bertz CT molecular complexity index is 587. The van der Waals surface area contributed by atoms with Crippen molar-refractivity contribution in [1.29, 1.82) is 0 Å². The van der Waals surface area contributed by atoms with Gasteiger partial charge in [0.2, 0.25) is 0 Å². The maximum Gasteiger partial charge on any atom is 0.198 e. The van der Waals surface area contributed by atoms with E-state index in [1.165, 1.54) is 24.0 Å². The summed E-state index contributed by atoms with van der Waals surface area (Å²) in [5.41, 5.74) is 5.93. The van der Waals surface area contributed by atoms with E-state index >= 15 is 0 Å². The van der Waals surface area contributed by atoms with E-state index in [2.05, 4.69) is 37.4 Å². The molecule has 1 rings (SSSR count). The minimum Gasteiger partial charge on any atom is -0.250 e. The van der Waals surface area contributed by atoms with Crippen LogP contribution in [0.1, 0.15) is 75.6 Å². The molecule has 0 saturated heterocycles. The third-order valence-electron chi connectivity index (χ3n) is 5.60. The first-order chi connectivity index (χ1) is 11.4. The fourth-order valence-electron chi connectivity index (χ4n) is 3.23. The van der Waals surface area contributed by atoms with E-state index in [1.54, 1.807) is 0 Å². The van der Waals surface area contributed by atoms with E-state index in [0.717, 1.165) is 36.8 Å². The van der Waals surface area contributed by atoms with Crippen LogP contribution in [0.25, 0.3) is 9.69 Å². The third-order valence-corrected chi connectivity index (χ3v) is 5.60. The van der Waals surface area contributed by atoms with E-state index in [-0.39, 0.29) is 0 Å². The van der Waals surface area contributed by atoms with Crippen molar-refractivity contribution in [3.8, 4) is 0 Å². The summed E-state index contributed by atoms with van der Waals surface area (Å²) in [5.74, 6) is 1.40. The number of hydrogen-bond donors (Lipinski definition) is 0. The smallest absolute Gasteiger partial charge is 0.198 e. The van der Waals surface area contributed by atoms with Crippen LogP contribution in [0.4, 0.5) is 11.4 Å². The summed E-state index contributed by atoms with van der Waals surface area (Å²) in [5, 5.41) is 0. The molecule has 2 atom stereocenters. The quantitative estimate of drug-likeness (QED) is 0.441. The Hall–Kier alpha value is -1.80. The van der Waals surface area contributed by atoms with Crippen molar-refractivity contribution in [2.45, 2.75) is 80.1 Å². The summed E-state index contributed by atoms with van der Waals surface area (Å²) >= 11 is 0. The Morgan fingerprint density at radius 2 is 1.08 bits per heavy atom. The Morgan fingerprint density at radius 1 is 0.750 bits per heavy atom. The van der Waals surface area contributed by atoms with E-state index < -0.39 is 0 Å². The molecule has 0 aliphatic carbocycles. The minimum atomic E-state index is 0.578. The predicted molar refractivity (Wildman–Crippen MR) is 104 cm³/mol. The average molecular weight is 325 g/mol. The molecule has 130 valence electrons. The molecule has 0 radical (unpaired) electrons. The van der Waals surface area contributed by atoms with Crippen molar-refractivity contribution < 1.29 is 0 Å². The van der Waals surface area contributed by atoms with Crippen molar-refractivity contribution in [1.82, 2.24) is 0 Å². The van der Waals surface area contributed by atoms with Crippen LogP contribution in [-0.4, -0.2) is 0 Å². The number of nitrogens with zero attached hydrogens (tertiary/aromatic N) is 2. The molecular formula is C22H32N2. The summed E-state index contributed by atoms with van der Waals surface area (Å²) in [6.07, 6.45) is 6.74. The molecule has 0 heterocycles. The molecule has 2 heteroatoms. The second-order valence-electron chi connectivity index (χ2n) is 7.23. The third kappa shape index (κ3) is 4.61. The summed E-state index contributed by atoms with van der Waals surface area (Å²) in [6.45, 7) is 28.2. The fourth-order valence-corrected chi connectivity index (χ4v) is 3.23. The highest BCUT2D eigenvalue weighted by Crippen LogP contribution is 2.41. The van der Waals surface area contributed by atoms with Gasteiger partial charge in [-0.05, 0) is 37.5 Å². The average Bonchev–Trinajstić information content (AvgIpc) is 2.59. The lowest BCUT2D eigenvalue weighted by Crippen LogP contribution is -2.06. The van der Waals surface area contributed by atoms with Gasteiger partial charge in [0.05, 0.1) is 13.1 Å². The Kier molecular flexibility index (Phi) is 8.00. The van der Waals surface area contributed by atoms with Gasteiger partial charge >= 0.3 is 0 Å². The van der Waals surface area contributed by atoms with E-state index in [4.69, 9.17) is 13.1 Å². The highest BCUT2D eigenvalue weighted by molar-refractivity contribution is 5.80. The van der Waals surface area contributed by atoms with Crippen molar-refractivity contribution in [3.05, 3.63) is 45.1 Å². The first-order valence-electron chi connectivity index (χ1n) is 9.30. The monoisotopic (exact) mass is 324 g/mol. The van der Waals surface area contributed by atoms with Gasteiger partial charge in [-0.15, -0.1) is 0 Å². The van der Waals surface area contributed by atoms with Crippen LogP contribution in [0.5, 0.6) is 0 Å². The summed E-state index contributed by atoms with van der Waals surface area (Å²) in [6, 6.07) is 0. The van der Waals surface area contributed by atoms with Crippen LogP contribution in [-0.2, 0) is 12.8 Å². The topological polar surface area (TPSA) is 8.72 Å². The van der Waals surface area contributed by atoms with Gasteiger partial charge in [-0.1, -0.05) is 76.6 Å². The van der Waals surface area contributed by atoms with E-state index in [1.807, 2.05) is 13.8 Å². The molecule has 2 nitrogen and oxygen atoms in total. The van der Waals surface area contributed by atoms with E-state index in [9.17, 15) is 0 Å². The minimum absolute atomic E-state index is 0.578. The molecular weight excluding hydrogens is 292 g/mol. The van der Waals surface area contributed by atoms with Gasteiger partial charge in [0.15, 0.2) is 11.4 Å². The normalized spacial score (nSPS) is 13.2. The molecule has 0 spiro atoms. The molecule has 1 aromatic carbocycles. The van der Waals surface area contributed by atoms with Gasteiger partial charge in [0.25, 0.3) is 0 Å². The highest BCUT2D eigenvalue weighted by Gasteiger charge is 2.20. The van der Waals surface area contributed by atoms with Crippen LogP contribution in [0, 0.1) is 38.8 Å². The molecule has 0 aliphatic rings. The van der Waals surface area contributed by atoms with Gasteiger partial charge in [0, 0.05) is 0 Å².